The van der Waals surface area contributed by atoms with E-state index in [4.69, 9.17) is 5.73 Å². The third-order valence-electron chi connectivity index (χ3n) is 2.06. The first-order valence-corrected chi connectivity index (χ1v) is 4.48. The smallest absolute Gasteiger partial charge is 0.0492 e. The zero-order chi connectivity index (χ0) is 8.97. The molecule has 68 valence electrons. The third kappa shape index (κ3) is 2.08. The van der Waals surface area contributed by atoms with Gasteiger partial charge in [-0.25, -0.2) is 0 Å². The molecule has 1 rings (SSSR count). The molecule has 1 heterocycles. The second-order valence-corrected chi connectivity index (χ2v) is 3.18. The van der Waals surface area contributed by atoms with E-state index in [1.165, 1.54) is 5.69 Å². The van der Waals surface area contributed by atoms with Gasteiger partial charge < -0.3 is 5.73 Å². The summed E-state index contributed by atoms with van der Waals surface area (Å²) in [5.41, 5.74) is 6.84. The fourth-order valence-corrected chi connectivity index (χ4v) is 1.26. The highest BCUT2D eigenvalue weighted by molar-refractivity contribution is 5.01. The van der Waals surface area contributed by atoms with Crippen molar-refractivity contribution in [3.05, 3.63) is 18.0 Å². The highest BCUT2D eigenvalue weighted by Crippen LogP contribution is 2.06. The van der Waals surface area contributed by atoms with Gasteiger partial charge in [0.05, 0.1) is 0 Å². The van der Waals surface area contributed by atoms with E-state index in [-0.39, 0.29) is 0 Å². The minimum atomic E-state index is 0.548. The van der Waals surface area contributed by atoms with Crippen molar-refractivity contribution in [1.29, 1.82) is 0 Å². The van der Waals surface area contributed by atoms with Crippen molar-refractivity contribution in [2.24, 2.45) is 11.7 Å². The van der Waals surface area contributed by atoms with Gasteiger partial charge in [0.25, 0.3) is 0 Å². The maximum Gasteiger partial charge on any atom is 0.0492 e. The number of rotatable bonds is 4. The van der Waals surface area contributed by atoms with E-state index in [2.05, 4.69) is 25.0 Å². The van der Waals surface area contributed by atoms with Crippen LogP contribution in [0.25, 0.3) is 0 Å². The monoisotopic (exact) mass is 167 g/mol. The largest absolute Gasteiger partial charge is 0.330 e. The van der Waals surface area contributed by atoms with E-state index >= 15 is 0 Å². The molecule has 0 bridgehead atoms. The van der Waals surface area contributed by atoms with Crippen LogP contribution >= 0.6 is 0 Å². The molecule has 2 N–H and O–H groups in total. The quantitative estimate of drug-likeness (QED) is 0.728. The summed E-state index contributed by atoms with van der Waals surface area (Å²) >= 11 is 0. The molecule has 0 amide bonds. The fourth-order valence-electron chi connectivity index (χ4n) is 1.26. The van der Waals surface area contributed by atoms with Gasteiger partial charge in [0, 0.05) is 18.4 Å². The van der Waals surface area contributed by atoms with Crippen molar-refractivity contribution in [1.82, 2.24) is 9.78 Å². The van der Waals surface area contributed by atoms with Crippen molar-refractivity contribution in [2.45, 2.75) is 26.8 Å². The lowest BCUT2D eigenvalue weighted by molar-refractivity contribution is 0.538. The van der Waals surface area contributed by atoms with Gasteiger partial charge in [0.2, 0.25) is 0 Å². The zero-order valence-corrected chi connectivity index (χ0v) is 7.83. The second-order valence-electron chi connectivity index (χ2n) is 3.18. The van der Waals surface area contributed by atoms with Crippen molar-refractivity contribution in [3.8, 4) is 0 Å². The minimum Gasteiger partial charge on any atom is -0.330 e. The molecule has 0 aliphatic carbocycles. The van der Waals surface area contributed by atoms with Crippen LogP contribution in [-0.4, -0.2) is 16.3 Å². The van der Waals surface area contributed by atoms with Crippen LogP contribution in [0.3, 0.4) is 0 Å². The first kappa shape index (κ1) is 9.26. The number of hydrogen-bond donors (Lipinski definition) is 1. The fraction of sp³-hybridized carbons (Fsp3) is 0.667. The first-order valence-electron chi connectivity index (χ1n) is 4.48. The Morgan fingerprint density at radius 3 is 3.00 bits per heavy atom. The molecule has 0 saturated carbocycles. The van der Waals surface area contributed by atoms with Gasteiger partial charge >= 0.3 is 0 Å². The molecular weight excluding hydrogens is 150 g/mol. The molecule has 0 saturated heterocycles. The van der Waals surface area contributed by atoms with Crippen LogP contribution in [0.5, 0.6) is 0 Å². The minimum absolute atomic E-state index is 0.548. The summed E-state index contributed by atoms with van der Waals surface area (Å²) in [4.78, 5) is 0. The molecule has 3 heteroatoms. The van der Waals surface area contributed by atoms with Crippen molar-refractivity contribution < 1.29 is 0 Å². The van der Waals surface area contributed by atoms with Crippen molar-refractivity contribution >= 4 is 0 Å². The summed E-state index contributed by atoms with van der Waals surface area (Å²) in [6, 6.07) is 2.07. The molecule has 1 unspecified atom stereocenters. The highest BCUT2D eigenvalue weighted by Gasteiger charge is 2.04. The molecule has 0 radical (unpaired) electrons. The Kier molecular flexibility index (Phi) is 3.29. The van der Waals surface area contributed by atoms with Gasteiger partial charge in [0.15, 0.2) is 0 Å². The Bertz CT molecular complexity index is 229. The summed E-state index contributed by atoms with van der Waals surface area (Å²) in [6.45, 7) is 5.95. The van der Waals surface area contributed by atoms with Gasteiger partial charge in [-0.05, 0) is 31.9 Å². The van der Waals surface area contributed by atoms with E-state index < -0.39 is 0 Å². The van der Waals surface area contributed by atoms with Gasteiger partial charge in [-0.2, -0.15) is 5.10 Å². The molecule has 0 aliphatic rings. The van der Waals surface area contributed by atoms with E-state index in [9.17, 15) is 0 Å². The van der Waals surface area contributed by atoms with E-state index in [1.54, 1.807) is 0 Å². The molecule has 0 spiro atoms. The Hall–Kier alpha value is -0.830. The molecule has 0 aliphatic heterocycles. The number of aryl methyl sites for hydroxylation is 1. The summed E-state index contributed by atoms with van der Waals surface area (Å²) in [6.07, 6.45) is 2.88. The van der Waals surface area contributed by atoms with E-state index in [1.807, 2.05) is 10.9 Å². The van der Waals surface area contributed by atoms with E-state index in [0.717, 1.165) is 19.5 Å². The van der Waals surface area contributed by atoms with Crippen LogP contribution in [0.4, 0.5) is 0 Å². The average Bonchev–Trinajstić information content (AvgIpc) is 2.51. The number of nitrogens with two attached hydrogens (primary N) is 1. The topological polar surface area (TPSA) is 43.8 Å². The highest BCUT2D eigenvalue weighted by atomic mass is 15.3. The molecule has 1 aromatic heterocycles. The lowest BCUT2D eigenvalue weighted by Crippen LogP contribution is -2.15. The zero-order valence-electron chi connectivity index (χ0n) is 7.83. The van der Waals surface area contributed by atoms with Crippen LogP contribution in [-0.2, 0) is 13.0 Å². The summed E-state index contributed by atoms with van der Waals surface area (Å²) < 4.78 is 2.02. The van der Waals surface area contributed by atoms with Crippen molar-refractivity contribution in [2.75, 3.05) is 6.54 Å². The lowest BCUT2D eigenvalue weighted by Gasteiger charge is -2.09. The van der Waals surface area contributed by atoms with Gasteiger partial charge in [0.1, 0.15) is 0 Å². The Morgan fingerprint density at radius 2 is 2.42 bits per heavy atom. The predicted molar refractivity (Wildman–Crippen MR) is 49.8 cm³/mol. The first-order chi connectivity index (χ1) is 5.77. The average molecular weight is 167 g/mol. The Morgan fingerprint density at radius 1 is 1.67 bits per heavy atom. The van der Waals surface area contributed by atoms with Gasteiger partial charge in [-0.15, -0.1) is 0 Å². The van der Waals surface area contributed by atoms with Crippen LogP contribution < -0.4 is 5.73 Å². The van der Waals surface area contributed by atoms with Gasteiger partial charge in [-0.3, -0.25) is 4.68 Å². The normalized spacial score (nSPS) is 13.2. The van der Waals surface area contributed by atoms with Crippen LogP contribution in [0.15, 0.2) is 12.3 Å². The van der Waals surface area contributed by atoms with Crippen LogP contribution in [0.1, 0.15) is 19.5 Å². The number of aromatic nitrogens is 2. The number of nitrogens with zero attached hydrogens (tertiary/aromatic N) is 2. The maximum absolute atomic E-state index is 5.55. The summed E-state index contributed by atoms with van der Waals surface area (Å²) in [5.74, 6) is 0.548. The van der Waals surface area contributed by atoms with Crippen LogP contribution in [0.2, 0.25) is 0 Å². The molecule has 3 nitrogen and oxygen atoms in total. The molecular formula is C9H17N3. The molecule has 0 aromatic carbocycles. The Balaban J connectivity index is 2.61. The lowest BCUT2D eigenvalue weighted by atomic mass is 10.1. The van der Waals surface area contributed by atoms with Crippen LogP contribution in [0, 0.1) is 5.92 Å². The Labute approximate surface area is 73.6 Å². The van der Waals surface area contributed by atoms with E-state index in [0.29, 0.717) is 5.92 Å². The molecule has 12 heavy (non-hydrogen) atoms. The molecule has 1 aromatic rings. The summed E-state index contributed by atoms with van der Waals surface area (Å²) in [5, 5.41) is 4.20. The second kappa shape index (κ2) is 4.26. The summed E-state index contributed by atoms with van der Waals surface area (Å²) in [7, 11) is 0. The number of hydrogen-bond acceptors (Lipinski definition) is 2. The third-order valence-corrected chi connectivity index (χ3v) is 2.06. The standard InChI is InChI=1S/C9H17N3/c1-3-12-9(4-5-11-12)6-8(2)7-10/h4-5,8H,3,6-7,10H2,1-2H3. The molecule has 0 fully saturated rings. The molecule has 1 atom stereocenters. The maximum atomic E-state index is 5.55. The van der Waals surface area contributed by atoms with Gasteiger partial charge in [-0.1, -0.05) is 6.92 Å². The van der Waals surface area contributed by atoms with Crippen molar-refractivity contribution in [3.63, 3.8) is 0 Å². The SMILES string of the molecule is CCn1nccc1CC(C)CN. The predicted octanol–water partition coefficient (Wildman–Crippen LogP) is 1.04.